The Balaban J connectivity index is 1.54. The van der Waals surface area contributed by atoms with E-state index in [1.165, 1.54) is 0 Å². The zero-order valence-corrected chi connectivity index (χ0v) is 16.4. The Morgan fingerprint density at radius 3 is 2.77 bits per heavy atom. The van der Waals surface area contributed by atoms with E-state index in [0.29, 0.717) is 58.4 Å². The van der Waals surface area contributed by atoms with E-state index in [1.807, 2.05) is 22.8 Å². The third-order valence-electron chi connectivity index (χ3n) is 5.45. The molecule has 0 N–H and O–H groups in total. The molecule has 30 heavy (non-hydrogen) atoms. The number of hydrogen-bond donors (Lipinski definition) is 0. The fourth-order valence-corrected chi connectivity index (χ4v) is 3.78. The summed E-state index contributed by atoms with van der Waals surface area (Å²) in [5.41, 5.74) is 3.18. The summed E-state index contributed by atoms with van der Waals surface area (Å²) in [7, 11) is 1.75. The highest BCUT2D eigenvalue weighted by molar-refractivity contribution is 6.04. The minimum Gasteiger partial charge on any atom is -0.339 e. The van der Waals surface area contributed by atoms with Gasteiger partial charge in [-0.2, -0.15) is 9.97 Å². The molecule has 4 heterocycles. The van der Waals surface area contributed by atoms with Gasteiger partial charge in [-0.3, -0.25) is 9.36 Å². The number of aromatic nitrogens is 6. The number of fused-ring (bicyclic) bond motifs is 3. The molecule has 1 aromatic carbocycles. The van der Waals surface area contributed by atoms with Crippen molar-refractivity contribution in [3.63, 3.8) is 0 Å². The first-order valence-corrected chi connectivity index (χ1v) is 9.70. The summed E-state index contributed by atoms with van der Waals surface area (Å²) in [5.74, 6) is 2.13. The number of aryl methyl sites for hydroxylation is 1. The maximum absolute atomic E-state index is 13.3. The summed E-state index contributed by atoms with van der Waals surface area (Å²) < 4.78 is 12.7. The molecule has 6 rings (SSSR count). The SMILES string of the molecule is Cc1noc(-c2cccc3c2C(=O)N(C)Cc2c(-c4noc(C5CC5)n4)ncn2-3)n1. The van der Waals surface area contributed by atoms with Crippen LogP contribution in [-0.4, -0.2) is 47.7 Å². The Hall–Kier alpha value is -3.82. The van der Waals surface area contributed by atoms with Crippen LogP contribution in [0, 0.1) is 6.92 Å². The number of hydrogen-bond acceptors (Lipinski definition) is 8. The lowest BCUT2D eigenvalue weighted by Gasteiger charge is -2.15. The van der Waals surface area contributed by atoms with Crippen LogP contribution in [0.4, 0.5) is 0 Å². The first-order valence-electron chi connectivity index (χ1n) is 9.70. The molecule has 0 atom stereocenters. The zero-order valence-electron chi connectivity index (χ0n) is 16.4. The number of carbonyl (C=O) groups is 1. The minimum atomic E-state index is -0.141. The van der Waals surface area contributed by atoms with E-state index >= 15 is 0 Å². The number of carbonyl (C=O) groups excluding carboxylic acids is 1. The van der Waals surface area contributed by atoms with Gasteiger partial charge in [0.1, 0.15) is 12.0 Å². The first-order chi connectivity index (χ1) is 14.6. The lowest BCUT2D eigenvalue weighted by atomic mass is 10.0. The Kier molecular flexibility index (Phi) is 3.46. The van der Waals surface area contributed by atoms with Gasteiger partial charge in [-0.05, 0) is 31.9 Å². The van der Waals surface area contributed by atoms with Crippen molar-refractivity contribution in [1.82, 2.24) is 34.7 Å². The van der Waals surface area contributed by atoms with Crippen molar-refractivity contribution in [2.75, 3.05) is 7.05 Å². The number of amides is 1. The Morgan fingerprint density at radius 2 is 2.00 bits per heavy atom. The molecule has 3 aromatic heterocycles. The molecule has 0 bridgehead atoms. The average Bonchev–Trinajstić information content (AvgIpc) is 3.15. The molecule has 10 heteroatoms. The zero-order chi connectivity index (χ0) is 20.4. The molecule has 1 fully saturated rings. The summed E-state index contributed by atoms with van der Waals surface area (Å²) >= 11 is 0. The van der Waals surface area contributed by atoms with Crippen LogP contribution in [0.1, 0.15) is 46.5 Å². The highest BCUT2D eigenvalue weighted by Gasteiger charge is 2.33. The van der Waals surface area contributed by atoms with Crippen LogP contribution in [-0.2, 0) is 6.54 Å². The quantitative estimate of drug-likeness (QED) is 0.513. The largest absolute Gasteiger partial charge is 0.339 e. The molecular weight excluding hydrogens is 386 g/mol. The lowest BCUT2D eigenvalue weighted by Crippen LogP contribution is -2.25. The second-order valence-corrected chi connectivity index (χ2v) is 7.65. The fourth-order valence-electron chi connectivity index (χ4n) is 3.78. The summed E-state index contributed by atoms with van der Waals surface area (Å²) in [4.78, 5) is 28.3. The fraction of sp³-hybridized carbons (Fsp3) is 0.300. The van der Waals surface area contributed by atoms with Crippen LogP contribution in [0.3, 0.4) is 0 Å². The highest BCUT2D eigenvalue weighted by atomic mass is 16.5. The predicted molar refractivity (Wildman–Crippen MR) is 103 cm³/mol. The first kappa shape index (κ1) is 17.1. The van der Waals surface area contributed by atoms with Crippen molar-refractivity contribution in [1.29, 1.82) is 0 Å². The molecule has 4 aromatic rings. The molecule has 1 aliphatic carbocycles. The standard InChI is InChI=1S/C20H17N7O3/c1-10-22-19(30-24-10)12-4-3-5-13-15(12)20(28)26(2)8-14-16(21-9-27(13)14)17-23-18(29-25-17)11-6-7-11/h3-5,9,11H,6-8H2,1-2H3. The second kappa shape index (κ2) is 6.09. The smallest absolute Gasteiger partial charge is 0.258 e. The molecule has 0 spiro atoms. The van der Waals surface area contributed by atoms with Crippen LogP contribution >= 0.6 is 0 Å². The van der Waals surface area contributed by atoms with E-state index < -0.39 is 0 Å². The van der Waals surface area contributed by atoms with Gasteiger partial charge in [-0.15, -0.1) is 0 Å². The van der Waals surface area contributed by atoms with Crippen LogP contribution in [0.5, 0.6) is 0 Å². The predicted octanol–water partition coefficient (Wildman–Crippen LogP) is 2.74. The van der Waals surface area contributed by atoms with E-state index in [0.717, 1.165) is 18.5 Å². The van der Waals surface area contributed by atoms with Crippen LogP contribution in [0.15, 0.2) is 33.6 Å². The van der Waals surface area contributed by atoms with Gasteiger partial charge in [0.25, 0.3) is 11.8 Å². The summed E-state index contributed by atoms with van der Waals surface area (Å²) in [6, 6.07) is 5.54. The summed E-state index contributed by atoms with van der Waals surface area (Å²) in [6.45, 7) is 2.09. The molecule has 1 amide bonds. The van der Waals surface area contributed by atoms with Gasteiger partial charge in [0, 0.05) is 13.0 Å². The maximum atomic E-state index is 13.3. The topological polar surface area (TPSA) is 116 Å². The Bertz CT molecular complexity index is 1300. The average molecular weight is 403 g/mol. The molecule has 0 unspecified atom stereocenters. The van der Waals surface area contributed by atoms with Crippen molar-refractivity contribution in [2.45, 2.75) is 32.2 Å². The normalized spacial score (nSPS) is 15.8. The van der Waals surface area contributed by atoms with Crippen molar-refractivity contribution < 1.29 is 13.8 Å². The number of imidazole rings is 1. The molecule has 150 valence electrons. The third-order valence-corrected chi connectivity index (χ3v) is 5.45. The summed E-state index contributed by atoms with van der Waals surface area (Å²) in [5, 5.41) is 7.99. The number of rotatable bonds is 3. The third kappa shape index (κ3) is 2.49. The van der Waals surface area contributed by atoms with Gasteiger partial charge >= 0.3 is 0 Å². The van der Waals surface area contributed by atoms with Crippen molar-refractivity contribution in [2.24, 2.45) is 0 Å². The monoisotopic (exact) mass is 403 g/mol. The molecule has 0 saturated heterocycles. The minimum absolute atomic E-state index is 0.141. The highest BCUT2D eigenvalue weighted by Crippen LogP contribution is 2.40. The van der Waals surface area contributed by atoms with Crippen molar-refractivity contribution >= 4 is 5.91 Å². The maximum Gasteiger partial charge on any atom is 0.258 e. The van der Waals surface area contributed by atoms with Gasteiger partial charge in [-0.1, -0.05) is 16.4 Å². The van der Waals surface area contributed by atoms with Gasteiger partial charge in [0.15, 0.2) is 5.82 Å². The molecule has 0 radical (unpaired) electrons. The molecule has 10 nitrogen and oxygen atoms in total. The number of nitrogens with zero attached hydrogens (tertiary/aromatic N) is 7. The van der Waals surface area contributed by atoms with Crippen LogP contribution in [0.2, 0.25) is 0 Å². The second-order valence-electron chi connectivity index (χ2n) is 7.65. The van der Waals surface area contributed by atoms with E-state index in [4.69, 9.17) is 9.05 Å². The number of benzene rings is 1. The van der Waals surface area contributed by atoms with Crippen LogP contribution in [0.25, 0.3) is 28.7 Å². The van der Waals surface area contributed by atoms with E-state index in [2.05, 4.69) is 25.3 Å². The Labute approximate surface area is 170 Å². The van der Waals surface area contributed by atoms with Crippen molar-refractivity contribution in [3.8, 4) is 28.7 Å². The molecule has 1 aliphatic heterocycles. The van der Waals surface area contributed by atoms with E-state index in [-0.39, 0.29) is 5.91 Å². The van der Waals surface area contributed by atoms with E-state index in [9.17, 15) is 4.79 Å². The van der Waals surface area contributed by atoms with Gasteiger partial charge in [0.05, 0.1) is 29.1 Å². The molecule has 1 saturated carbocycles. The van der Waals surface area contributed by atoms with E-state index in [1.54, 1.807) is 25.2 Å². The Morgan fingerprint density at radius 1 is 1.13 bits per heavy atom. The van der Waals surface area contributed by atoms with Gasteiger partial charge < -0.3 is 13.9 Å². The van der Waals surface area contributed by atoms with Gasteiger partial charge in [0.2, 0.25) is 11.7 Å². The summed E-state index contributed by atoms with van der Waals surface area (Å²) in [6.07, 6.45) is 3.84. The van der Waals surface area contributed by atoms with Gasteiger partial charge in [-0.25, -0.2) is 4.98 Å². The molecule has 2 aliphatic rings. The lowest BCUT2D eigenvalue weighted by molar-refractivity contribution is 0.0788. The molecular formula is C20H17N7O3. The van der Waals surface area contributed by atoms with Crippen LogP contribution < -0.4 is 0 Å². The van der Waals surface area contributed by atoms with Crippen molar-refractivity contribution in [3.05, 3.63) is 47.5 Å².